The van der Waals surface area contributed by atoms with Gasteiger partial charge in [0.15, 0.2) is 0 Å². The van der Waals surface area contributed by atoms with Crippen LogP contribution < -0.4 is 5.32 Å². The van der Waals surface area contributed by atoms with Crippen LogP contribution in [0.15, 0.2) is 24.3 Å². The molecule has 88 valence electrons. The van der Waals surface area contributed by atoms with E-state index in [0.29, 0.717) is 0 Å². The summed E-state index contributed by atoms with van der Waals surface area (Å²) >= 11 is 0. The fourth-order valence-electron chi connectivity index (χ4n) is 2.61. The molecule has 0 aromatic heterocycles. The molecule has 1 aromatic carbocycles. The molecule has 0 bridgehead atoms. The van der Waals surface area contributed by atoms with Crippen molar-refractivity contribution in [2.24, 2.45) is 0 Å². The van der Waals surface area contributed by atoms with Crippen molar-refractivity contribution in [1.29, 1.82) is 0 Å². The smallest absolute Gasteiger partial charge is 0.0376 e. The minimum absolute atomic E-state index is 0.762. The summed E-state index contributed by atoms with van der Waals surface area (Å²) in [5.74, 6) is 0.762. The average Bonchev–Trinajstić information content (AvgIpc) is 2.73. The van der Waals surface area contributed by atoms with Gasteiger partial charge in [0.1, 0.15) is 0 Å². The van der Waals surface area contributed by atoms with E-state index in [9.17, 15) is 0 Å². The zero-order valence-electron chi connectivity index (χ0n) is 10.3. The number of anilines is 1. The van der Waals surface area contributed by atoms with Crippen molar-refractivity contribution in [1.82, 2.24) is 0 Å². The van der Waals surface area contributed by atoms with Crippen LogP contribution in [-0.2, 0) is 0 Å². The van der Waals surface area contributed by atoms with Crippen molar-refractivity contribution in [2.45, 2.75) is 51.4 Å². The molecule has 0 spiro atoms. The first kappa shape index (κ1) is 11.5. The van der Waals surface area contributed by atoms with E-state index in [2.05, 4.69) is 36.5 Å². The second-order valence-corrected chi connectivity index (χ2v) is 4.87. The zero-order valence-corrected chi connectivity index (χ0v) is 10.3. The zero-order chi connectivity index (χ0) is 11.2. The Morgan fingerprint density at radius 2 is 1.94 bits per heavy atom. The quantitative estimate of drug-likeness (QED) is 0.689. The van der Waals surface area contributed by atoms with Gasteiger partial charge in [-0.3, -0.25) is 0 Å². The number of rotatable bonds is 6. The van der Waals surface area contributed by atoms with E-state index in [1.54, 1.807) is 0 Å². The number of hydrogen-bond acceptors (Lipinski definition) is 1. The van der Waals surface area contributed by atoms with Crippen LogP contribution in [0.1, 0.15) is 56.9 Å². The van der Waals surface area contributed by atoms with E-state index in [1.807, 2.05) is 0 Å². The lowest BCUT2D eigenvalue weighted by Crippen LogP contribution is -2.01. The molecule has 1 atom stereocenters. The van der Waals surface area contributed by atoms with Crippen molar-refractivity contribution in [2.75, 3.05) is 11.9 Å². The maximum Gasteiger partial charge on any atom is 0.0376 e. The summed E-state index contributed by atoms with van der Waals surface area (Å²) in [4.78, 5) is 0. The van der Waals surface area contributed by atoms with Gasteiger partial charge in [-0.15, -0.1) is 0 Å². The molecule has 0 saturated heterocycles. The second-order valence-electron chi connectivity index (χ2n) is 4.87. The van der Waals surface area contributed by atoms with Gasteiger partial charge in [0.05, 0.1) is 0 Å². The van der Waals surface area contributed by atoms with Crippen molar-refractivity contribution in [3.63, 3.8) is 0 Å². The molecule has 1 aliphatic heterocycles. The molecule has 1 aliphatic rings. The molecule has 1 heteroatoms. The highest BCUT2D eigenvalue weighted by molar-refractivity contribution is 5.57. The van der Waals surface area contributed by atoms with Crippen LogP contribution in [0.2, 0.25) is 0 Å². The van der Waals surface area contributed by atoms with Gasteiger partial charge in [-0.1, -0.05) is 57.2 Å². The van der Waals surface area contributed by atoms with Crippen LogP contribution in [-0.4, -0.2) is 6.54 Å². The average molecular weight is 217 g/mol. The van der Waals surface area contributed by atoms with Crippen molar-refractivity contribution >= 4 is 5.69 Å². The molecule has 1 heterocycles. The number of benzene rings is 1. The Kier molecular flexibility index (Phi) is 4.26. The SMILES string of the molecule is CCCCCCCC1CNc2ccccc21. The third-order valence-corrected chi connectivity index (χ3v) is 3.60. The van der Waals surface area contributed by atoms with Crippen molar-refractivity contribution in [3.05, 3.63) is 29.8 Å². The van der Waals surface area contributed by atoms with E-state index < -0.39 is 0 Å². The third kappa shape index (κ3) is 2.78. The molecule has 1 unspecified atom stereocenters. The molecule has 0 radical (unpaired) electrons. The molecule has 1 nitrogen and oxygen atoms in total. The first-order chi connectivity index (χ1) is 7.92. The molecule has 1 aromatic rings. The van der Waals surface area contributed by atoms with Crippen molar-refractivity contribution in [3.8, 4) is 0 Å². The lowest BCUT2D eigenvalue weighted by molar-refractivity contribution is 0.566. The van der Waals surface area contributed by atoms with E-state index in [4.69, 9.17) is 0 Å². The molecule has 0 amide bonds. The largest absolute Gasteiger partial charge is 0.384 e. The van der Waals surface area contributed by atoms with Gasteiger partial charge in [-0.25, -0.2) is 0 Å². The number of hydrogen-bond donors (Lipinski definition) is 1. The Morgan fingerprint density at radius 1 is 1.12 bits per heavy atom. The summed E-state index contributed by atoms with van der Waals surface area (Å²) in [6.45, 7) is 3.42. The standard InChI is InChI=1S/C15H23N/c1-2-3-4-5-6-9-13-12-16-15-11-8-7-10-14(13)15/h7-8,10-11,13,16H,2-6,9,12H2,1H3. The predicted octanol–water partition coefficient (Wildman–Crippen LogP) is 4.56. The van der Waals surface area contributed by atoms with Gasteiger partial charge in [-0.2, -0.15) is 0 Å². The predicted molar refractivity (Wildman–Crippen MR) is 71.0 cm³/mol. The highest BCUT2D eigenvalue weighted by Crippen LogP contribution is 2.34. The summed E-state index contributed by atoms with van der Waals surface area (Å²) in [5, 5.41) is 3.50. The number of unbranched alkanes of at least 4 members (excludes halogenated alkanes) is 4. The lowest BCUT2D eigenvalue weighted by Gasteiger charge is -2.09. The molecular formula is C15H23N. The van der Waals surface area contributed by atoms with Gasteiger partial charge in [0, 0.05) is 18.2 Å². The normalized spacial score (nSPS) is 18.2. The third-order valence-electron chi connectivity index (χ3n) is 3.60. The molecule has 0 fully saturated rings. The Labute approximate surface area is 99.3 Å². The first-order valence-corrected chi connectivity index (χ1v) is 6.74. The molecule has 16 heavy (non-hydrogen) atoms. The summed E-state index contributed by atoms with van der Waals surface area (Å²) < 4.78 is 0. The Morgan fingerprint density at radius 3 is 2.81 bits per heavy atom. The second kappa shape index (κ2) is 5.93. The van der Waals surface area contributed by atoms with Crippen LogP contribution in [0, 0.1) is 0 Å². The first-order valence-electron chi connectivity index (χ1n) is 6.74. The number of para-hydroxylation sites is 1. The van der Waals surface area contributed by atoms with E-state index in [1.165, 1.54) is 49.8 Å². The van der Waals surface area contributed by atoms with Gasteiger partial charge >= 0.3 is 0 Å². The van der Waals surface area contributed by atoms with E-state index >= 15 is 0 Å². The fraction of sp³-hybridized carbons (Fsp3) is 0.600. The maximum atomic E-state index is 3.50. The Hall–Kier alpha value is -0.980. The Balaban J connectivity index is 1.76. The summed E-state index contributed by atoms with van der Waals surface area (Å²) in [5.41, 5.74) is 2.90. The van der Waals surface area contributed by atoms with E-state index in [-0.39, 0.29) is 0 Å². The number of nitrogens with one attached hydrogen (secondary N) is 1. The highest BCUT2D eigenvalue weighted by Gasteiger charge is 2.20. The number of fused-ring (bicyclic) bond motifs is 1. The molecule has 0 aliphatic carbocycles. The Bertz CT molecular complexity index is 319. The monoisotopic (exact) mass is 217 g/mol. The summed E-state index contributed by atoms with van der Waals surface area (Å²) in [7, 11) is 0. The van der Waals surface area contributed by atoms with Gasteiger partial charge < -0.3 is 5.32 Å². The summed E-state index contributed by atoms with van der Waals surface area (Å²) in [6.07, 6.45) is 8.31. The fourth-order valence-corrected chi connectivity index (χ4v) is 2.61. The minimum atomic E-state index is 0.762. The van der Waals surface area contributed by atoms with Gasteiger partial charge in [0.25, 0.3) is 0 Å². The van der Waals surface area contributed by atoms with Gasteiger partial charge in [0.2, 0.25) is 0 Å². The van der Waals surface area contributed by atoms with Crippen LogP contribution in [0.5, 0.6) is 0 Å². The van der Waals surface area contributed by atoms with Gasteiger partial charge in [-0.05, 0) is 18.1 Å². The topological polar surface area (TPSA) is 12.0 Å². The van der Waals surface area contributed by atoms with Crippen LogP contribution in [0.3, 0.4) is 0 Å². The molecule has 2 rings (SSSR count). The molecule has 1 N–H and O–H groups in total. The maximum absolute atomic E-state index is 3.50. The highest BCUT2D eigenvalue weighted by atomic mass is 14.9. The van der Waals surface area contributed by atoms with Crippen LogP contribution in [0.4, 0.5) is 5.69 Å². The lowest BCUT2D eigenvalue weighted by atomic mass is 9.95. The molecule has 0 saturated carbocycles. The van der Waals surface area contributed by atoms with Crippen LogP contribution >= 0.6 is 0 Å². The summed E-state index contributed by atoms with van der Waals surface area (Å²) in [6, 6.07) is 8.77. The van der Waals surface area contributed by atoms with Crippen molar-refractivity contribution < 1.29 is 0 Å². The molecular weight excluding hydrogens is 194 g/mol. The minimum Gasteiger partial charge on any atom is -0.384 e. The van der Waals surface area contributed by atoms with Crippen LogP contribution in [0.25, 0.3) is 0 Å². The van der Waals surface area contributed by atoms with E-state index in [0.717, 1.165) is 12.5 Å².